The Labute approximate surface area is 126 Å². The van der Waals surface area contributed by atoms with Gasteiger partial charge in [-0.15, -0.1) is 0 Å². The Morgan fingerprint density at radius 2 is 1.57 bits per heavy atom. The molecule has 0 bridgehead atoms. The van der Waals surface area contributed by atoms with Crippen molar-refractivity contribution in [2.75, 3.05) is 0 Å². The van der Waals surface area contributed by atoms with Gasteiger partial charge in [0.2, 0.25) is 0 Å². The Balaban J connectivity index is 2.51. The second kappa shape index (κ2) is 6.37. The maximum Gasteiger partial charge on any atom is 0.311 e. The highest BCUT2D eigenvalue weighted by atomic mass is 16.4. The van der Waals surface area contributed by atoms with E-state index in [4.69, 9.17) is 0 Å². The summed E-state index contributed by atoms with van der Waals surface area (Å²) in [5.41, 5.74) is -2.11. The molecule has 2 N–H and O–H groups in total. The molecule has 0 spiro atoms. The van der Waals surface area contributed by atoms with Crippen LogP contribution in [-0.2, 0) is 9.59 Å². The predicted octanol–water partition coefficient (Wildman–Crippen LogP) is 4.08. The molecule has 21 heavy (non-hydrogen) atoms. The molecule has 0 heterocycles. The van der Waals surface area contributed by atoms with Gasteiger partial charge in [0.1, 0.15) is 0 Å². The van der Waals surface area contributed by atoms with E-state index in [2.05, 4.69) is 0 Å². The van der Waals surface area contributed by atoms with Gasteiger partial charge in [-0.3, -0.25) is 9.59 Å². The molecular formula is C17H28O4. The van der Waals surface area contributed by atoms with Gasteiger partial charge in [-0.05, 0) is 38.0 Å². The lowest BCUT2D eigenvalue weighted by molar-refractivity contribution is -0.190. The monoisotopic (exact) mass is 296 g/mol. The first-order valence-corrected chi connectivity index (χ1v) is 8.48. The molecule has 2 unspecified atom stereocenters. The average Bonchev–Trinajstić information content (AvgIpc) is 2.48. The topological polar surface area (TPSA) is 74.6 Å². The minimum absolute atomic E-state index is 0.0340. The number of rotatable bonds is 5. The van der Waals surface area contributed by atoms with Gasteiger partial charge in [0.05, 0.1) is 10.8 Å². The number of carbonyl (C=O) groups is 2. The Kier molecular flexibility index (Phi) is 4.95. The lowest BCUT2D eigenvalue weighted by atomic mass is 9.48. The van der Waals surface area contributed by atoms with Crippen LogP contribution in [0, 0.1) is 16.7 Å². The van der Waals surface area contributed by atoms with Crippen LogP contribution in [-0.4, -0.2) is 22.2 Å². The van der Waals surface area contributed by atoms with Crippen molar-refractivity contribution < 1.29 is 19.8 Å². The van der Waals surface area contributed by atoms with E-state index in [-0.39, 0.29) is 5.92 Å². The molecule has 2 atom stereocenters. The summed E-state index contributed by atoms with van der Waals surface area (Å²) >= 11 is 0. The fourth-order valence-electron chi connectivity index (χ4n) is 5.15. The van der Waals surface area contributed by atoms with Gasteiger partial charge in [0.15, 0.2) is 0 Å². The van der Waals surface area contributed by atoms with Crippen LogP contribution in [0.15, 0.2) is 0 Å². The first kappa shape index (κ1) is 16.3. The number of hydrogen-bond acceptors (Lipinski definition) is 2. The molecule has 0 radical (unpaired) electrons. The highest BCUT2D eigenvalue weighted by Crippen LogP contribution is 2.60. The van der Waals surface area contributed by atoms with Crippen LogP contribution in [0.25, 0.3) is 0 Å². The standard InChI is InChI=1S/C17H28O4/c1-2-10-16(14(18)19)11-6-7-12-17(16,15(20)21)13-8-4-3-5-9-13/h13H,2-12H2,1H3,(H,18,19)(H,20,21). The third-order valence-corrected chi connectivity index (χ3v) is 6.05. The van der Waals surface area contributed by atoms with Crippen molar-refractivity contribution in [2.45, 2.75) is 77.6 Å². The van der Waals surface area contributed by atoms with Gasteiger partial charge >= 0.3 is 11.9 Å². The SMILES string of the molecule is CCCC1(C(=O)O)CCCCC1(C(=O)O)C1CCCCC1. The van der Waals surface area contributed by atoms with Crippen LogP contribution in [0.3, 0.4) is 0 Å². The van der Waals surface area contributed by atoms with Crippen molar-refractivity contribution in [1.29, 1.82) is 0 Å². The van der Waals surface area contributed by atoms with Crippen molar-refractivity contribution in [3.8, 4) is 0 Å². The normalized spacial score (nSPS) is 34.5. The molecule has 0 amide bonds. The second-order valence-corrected chi connectivity index (χ2v) is 6.96. The van der Waals surface area contributed by atoms with E-state index in [0.29, 0.717) is 19.3 Å². The third-order valence-electron chi connectivity index (χ3n) is 6.05. The van der Waals surface area contributed by atoms with Crippen LogP contribution in [0.4, 0.5) is 0 Å². The van der Waals surface area contributed by atoms with Crippen molar-refractivity contribution in [2.24, 2.45) is 16.7 Å². The Hall–Kier alpha value is -1.06. The minimum atomic E-state index is -1.06. The molecule has 2 rings (SSSR count). The molecule has 0 aromatic carbocycles. The van der Waals surface area contributed by atoms with Gasteiger partial charge in [-0.25, -0.2) is 0 Å². The number of carboxylic acids is 2. The molecular weight excluding hydrogens is 268 g/mol. The average molecular weight is 296 g/mol. The van der Waals surface area contributed by atoms with E-state index < -0.39 is 22.8 Å². The molecule has 4 heteroatoms. The Bertz CT molecular complexity index is 396. The van der Waals surface area contributed by atoms with Crippen LogP contribution in [0.5, 0.6) is 0 Å². The summed E-state index contributed by atoms with van der Waals surface area (Å²) in [5, 5.41) is 20.1. The van der Waals surface area contributed by atoms with E-state index in [1.54, 1.807) is 0 Å². The minimum Gasteiger partial charge on any atom is -0.481 e. The molecule has 2 aliphatic carbocycles. The molecule has 0 aromatic rings. The van der Waals surface area contributed by atoms with Crippen LogP contribution in [0.2, 0.25) is 0 Å². The summed E-state index contributed by atoms with van der Waals surface area (Å²) < 4.78 is 0. The molecule has 0 saturated heterocycles. The Morgan fingerprint density at radius 3 is 2.10 bits per heavy atom. The predicted molar refractivity (Wildman–Crippen MR) is 80.1 cm³/mol. The van der Waals surface area contributed by atoms with E-state index in [0.717, 1.165) is 51.4 Å². The number of carboxylic acid groups (broad SMARTS) is 2. The highest BCUT2D eigenvalue weighted by molar-refractivity contribution is 5.87. The smallest absolute Gasteiger partial charge is 0.311 e. The van der Waals surface area contributed by atoms with Gasteiger partial charge < -0.3 is 10.2 Å². The van der Waals surface area contributed by atoms with Gasteiger partial charge in [-0.2, -0.15) is 0 Å². The summed E-state index contributed by atoms with van der Waals surface area (Å²) in [6, 6.07) is 0. The van der Waals surface area contributed by atoms with E-state index in [1.165, 1.54) is 0 Å². The molecule has 0 aromatic heterocycles. The summed E-state index contributed by atoms with van der Waals surface area (Å²) in [7, 11) is 0. The van der Waals surface area contributed by atoms with Crippen molar-refractivity contribution >= 4 is 11.9 Å². The highest BCUT2D eigenvalue weighted by Gasteiger charge is 2.64. The maximum atomic E-state index is 12.3. The van der Waals surface area contributed by atoms with Crippen LogP contribution >= 0.6 is 0 Å². The molecule has 2 aliphatic rings. The quantitative estimate of drug-likeness (QED) is 0.801. The first-order valence-electron chi connectivity index (χ1n) is 8.48. The van der Waals surface area contributed by atoms with Gasteiger partial charge in [0.25, 0.3) is 0 Å². The Morgan fingerprint density at radius 1 is 0.952 bits per heavy atom. The summed E-state index contributed by atoms with van der Waals surface area (Å²) in [5.74, 6) is -1.70. The maximum absolute atomic E-state index is 12.3. The summed E-state index contributed by atoms with van der Waals surface area (Å²) in [6.07, 6.45) is 8.98. The van der Waals surface area contributed by atoms with Crippen molar-refractivity contribution in [3.05, 3.63) is 0 Å². The van der Waals surface area contributed by atoms with E-state index in [1.807, 2.05) is 6.92 Å². The fourth-order valence-corrected chi connectivity index (χ4v) is 5.15. The molecule has 0 aliphatic heterocycles. The number of aliphatic carboxylic acids is 2. The zero-order valence-electron chi connectivity index (χ0n) is 13.1. The van der Waals surface area contributed by atoms with Gasteiger partial charge in [-0.1, -0.05) is 45.4 Å². The second-order valence-electron chi connectivity index (χ2n) is 6.96. The zero-order chi connectivity index (χ0) is 15.5. The molecule has 120 valence electrons. The van der Waals surface area contributed by atoms with E-state index >= 15 is 0 Å². The van der Waals surface area contributed by atoms with Crippen LogP contribution in [0.1, 0.15) is 77.6 Å². The molecule has 2 saturated carbocycles. The fraction of sp³-hybridized carbons (Fsp3) is 0.882. The van der Waals surface area contributed by atoms with E-state index in [9.17, 15) is 19.8 Å². The lowest BCUT2D eigenvalue weighted by Gasteiger charge is -2.53. The zero-order valence-corrected chi connectivity index (χ0v) is 13.1. The first-order chi connectivity index (χ1) is 10.0. The summed E-state index contributed by atoms with van der Waals surface area (Å²) in [4.78, 5) is 24.5. The largest absolute Gasteiger partial charge is 0.481 e. The van der Waals surface area contributed by atoms with Crippen LogP contribution < -0.4 is 0 Å². The molecule has 4 nitrogen and oxygen atoms in total. The lowest BCUT2D eigenvalue weighted by Crippen LogP contribution is -2.58. The van der Waals surface area contributed by atoms with Crippen molar-refractivity contribution in [1.82, 2.24) is 0 Å². The summed E-state index contributed by atoms with van der Waals surface area (Å²) in [6.45, 7) is 1.97. The third kappa shape index (κ3) is 2.47. The number of hydrogen-bond donors (Lipinski definition) is 2. The molecule has 2 fully saturated rings. The van der Waals surface area contributed by atoms with Crippen molar-refractivity contribution in [3.63, 3.8) is 0 Å². The van der Waals surface area contributed by atoms with Gasteiger partial charge in [0, 0.05) is 0 Å².